The molecule has 0 radical (unpaired) electrons. The van der Waals surface area contributed by atoms with E-state index in [1.165, 1.54) is 5.01 Å². The fourth-order valence-electron chi connectivity index (χ4n) is 3.44. The molecule has 6 nitrogen and oxygen atoms in total. The molecule has 1 N–H and O–H groups in total. The third-order valence-electron chi connectivity index (χ3n) is 5.14. The molecule has 158 valence electrons. The van der Waals surface area contributed by atoms with E-state index in [1.807, 2.05) is 73.6 Å². The molecule has 1 heterocycles. The van der Waals surface area contributed by atoms with E-state index in [1.54, 1.807) is 0 Å². The maximum Gasteiger partial charge on any atom is 0.243 e. The van der Waals surface area contributed by atoms with E-state index in [4.69, 9.17) is 11.6 Å². The van der Waals surface area contributed by atoms with Gasteiger partial charge in [0.05, 0.1) is 18.3 Å². The Labute approximate surface area is 182 Å². The topological polar surface area (TPSA) is 65.0 Å². The second-order valence-electron chi connectivity index (χ2n) is 7.48. The van der Waals surface area contributed by atoms with Crippen molar-refractivity contribution in [2.24, 2.45) is 5.10 Å². The van der Waals surface area contributed by atoms with Crippen LogP contribution in [0.5, 0.6) is 0 Å². The molecule has 0 bridgehead atoms. The fraction of sp³-hybridized carbons (Fsp3) is 0.348. The van der Waals surface area contributed by atoms with Gasteiger partial charge in [-0.15, -0.1) is 0 Å². The molecular weight excluding hydrogens is 400 g/mol. The van der Waals surface area contributed by atoms with Gasteiger partial charge in [0.2, 0.25) is 11.8 Å². The van der Waals surface area contributed by atoms with Crippen LogP contribution in [0.15, 0.2) is 59.7 Å². The van der Waals surface area contributed by atoms with Crippen molar-refractivity contribution in [3.05, 3.63) is 70.7 Å². The third-order valence-corrected chi connectivity index (χ3v) is 5.49. The number of nitrogens with zero attached hydrogens (tertiary/aromatic N) is 3. The normalized spacial score (nSPS) is 14.5. The first kappa shape index (κ1) is 22.0. The van der Waals surface area contributed by atoms with Crippen molar-refractivity contribution < 1.29 is 9.59 Å². The zero-order valence-electron chi connectivity index (χ0n) is 17.3. The molecule has 1 unspecified atom stereocenters. The second kappa shape index (κ2) is 10.4. The summed E-state index contributed by atoms with van der Waals surface area (Å²) in [5.41, 5.74) is 2.89. The van der Waals surface area contributed by atoms with Gasteiger partial charge in [0.15, 0.2) is 0 Å². The minimum Gasteiger partial charge on any atom is -0.354 e. The predicted molar refractivity (Wildman–Crippen MR) is 119 cm³/mol. The van der Waals surface area contributed by atoms with Gasteiger partial charge in [-0.1, -0.05) is 60.1 Å². The molecular formula is C23H27ClN4O2. The van der Waals surface area contributed by atoms with Crippen molar-refractivity contribution in [2.45, 2.75) is 25.3 Å². The highest BCUT2D eigenvalue weighted by Gasteiger charge is 2.22. The molecule has 2 aromatic carbocycles. The standard InChI is InChI=1S/C23H27ClN4O2/c1-27(2)21(18-10-6-7-11-19(18)24)16-25-22(29)12-13-23(30)28-15-14-20(26-28)17-8-4-3-5-9-17/h3-11,21H,12-16H2,1-2H3,(H,25,29). The zero-order valence-corrected chi connectivity index (χ0v) is 18.1. The van der Waals surface area contributed by atoms with Crippen LogP contribution in [-0.2, 0) is 9.59 Å². The summed E-state index contributed by atoms with van der Waals surface area (Å²) in [5.74, 6) is -0.292. The molecule has 1 atom stereocenters. The van der Waals surface area contributed by atoms with Crippen molar-refractivity contribution in [1.29, 1.82) is 0 Å². The molecule has 0 spiro atoms. The first-order chi connectivity index (χ1) is 14.5. The predicted octanol–water partition coefficient (Wildman–Crippen LogP) is 3.48. The molecule has 1 aliphatic rings. The SMILES string of the molecule is CN(C)C(CNC(=O)CCC(=O)N1CCC(c2ccccc2)=N1)c1ccccc1Cl. The molecule has 0 saturated carbocycles. The van der Waals surface area contributed by atoms with E-state index in [0.29, 0.717) is 18.1 Å². The lowest BCUT2D eigenvalue weighted by molar-refractivity contribution is -0.133. The lowest BCUT2D eigenvalue weighted by atomic mass is 10.1. The van der Waals surface area contributed by atoms with Crippen molar-refractivity contribution in [2.75, 3.05) is 27.2 Å². The Bertz CT molecular complexity index is 914. The lowest BCUT2D eigenvalue weighted by Gasteiger charge is -2.26. The van der Waals surface area contributed by atoms with Crippen LogP contribution >= 0.6 is 11.6 Å². The van der Waals surface area contributed by atoms with E-state index in [9.17, 15) is 9.59 Å². The van der Waals surface area contributed by atoms with Gasteiger partial charge in [-0.3, -0.25) is 9.59 Å². The number of amides is 2. The summed E-state index contributed by atoms with van der Waals surface area (Å²) in [7, 11) is 3.89. The second-order valence-corrected chi connectivity index (χ2v) is 7.89. The summed E-state index contributed by atoms with van der Waals surface area (Å²) in [6.07, 6.45) is 0.995. The monoisotopic (exact) mass is 426 g/mol. The number of carbonyl (C=O) groups is 2. The Hall–Kier alpha value is -2.70. The van der Waals surface area contributed by atoms with Crippen molar-refractivity contribution in [1.82, 2.24) is 15.2 Å². The van der Waals surface area contributed by atoms with Crippen LogP contribution in [0.25, 0.3) is 0 Å². The minimum absolute atomic E-state index is 0.0463. The molecule has 7 heteroatoms. The molecule has 0 fully saturated rings. The number of hydrogen-bond donors (Lipinski definition) is 1. The van der Waals surface area contributed by atoms with Gasteiger partial charge in [-0.2, -0.15) is 5.10 Å². The van der Waals surface area contributed by atoms with Gasteiger partial charge in [0.1, 0.15) is 0 Å². The number of benzene rings is 2. The van der Waals surface area contributed by atoms with Gasteiger partial charge in [0, 0.05) is 30.8 Å². The molecule has 3 rings (SSSR count). The van der Waals surface area contributed by atoms with E-state index in [0.717, 1.165) is 23.3 Å². The average molecular weight is 427 g/mol. The Morgan fingerprint density at radius 2 is 1.80 bits per heavy atom. The molecule has 0 saturated heterocycles. The van der Waals surface area contributed by atoms with Gasteiger partial charge >= 0.3 is 0 Å². The minimum atomic E-state index is -0.159. The summed E-state index contributed by atoms with van der Waals surface area (Å²) in [6.45, 7) is 0.976. The summed E-state index contributed by atoms with van der Waals surface area (Å²) >= 11 is 6.31. The van der Waals surface area contributed by atoms with Gasteiger partial charge in [-0.25, -0.2) is 5.01 Å². The van der Waals surface area contributed by atoms with Gasteiger partial charge in [0.25, 0.3) is 0 Å². The largest absolute Gasteiger partial charge is 0.354 e. The highest BCUT2D eigenvalue weighted by atomic mass is 35.5. The molecule has 0 aromatic heterocycles. The van der Waals surface area contributed by atoms with Crippen LogP contribution in [0.2, 0.25) is 5.02 Å². The van der Waals surface area contributed by atoms with E-state index >= 15 is 0 Å². The number of rotatable bonds is 8. The van der Waals surface area contributed by atoms with Crippen molar-refractivity contribution in [3.63, 3.8) is 0 Å². The highest BCUT2D eigenvalue weighted by molar-refractivity contribution is 6.31. The van der Waals surface area contributed by atoms with Crippen LogP contribution < -0.4 is 5.32 Å². The summed E-state index contributed by atoms with van der Waals surface area (Å²) in [5, 5.41) is 9.50. The summed E-state index contributed by atoms with van der Waals surface area (Å²) in [4.78, 5) is 26.8. The number of hydrogen-bond acceptors (Lipinski definition) is 4. The van der Waals surface area contributed by atoms with E-state index in [2.05, 4.69) is 10.4 Å². The third kappa shape index (κ3) is 5.68. The van der Waals surface area contributed by atoms with Crippen molar-refractivity contribution in [3.8, 4) is 0 Å². The van der Waals surface area contributed by atoms with E-state index in [-0.39, 0.29) is 30.7 Å². The molecule has 2 amide bonds. The molecule has 2 aromatic rings. The number of halogens is 1. The Morgan fingerprint density at radius 3 is 2.50 bits per heavy atom. The first-order valence-electron chi connectivity index (χ1n) is 10.1. The Balaban J connectivity index is 1.49. The van der Waals surface area contributed by atoms with Gasteiger partial charge in [-0.05, 0) is 31.3 Å². The number of hydrazone groups is 1. The number of carbonyl (C=O) groups excluding carboxylic acids is 2. The quantitative estimate of drug-likeness (QED) is 0.702. The Morgan fingerprint density at radius 1 is 1.10 bits per heavy atom. The van der Waals surface area contributed by atoms with E-state index < -0.39 is 0 Å². The van der Waals surface area contributed by atoms with Crippen LogP contribution in [0.1, 0.15) is 36.4 Å². The molecule has 30 heavy (non-hydrogen) atoms. The van der Waals surface area contributed by atoms with Gasteiger partial charge < -0.3 is 10.2 Å². The fourth-order valence-corrected chi connectivity index (χ4v) is 3.70. The van der Waals surface area contributed by atoms with Crippen LogP contribution in [0, 0.1) is 0 Å². The summed E-state index contributed by atoms with van der Waals surface area (Å²) < 4.78 is 0. The smallest absolute Gasteiger partial charge is 0.243 e. The molecule has 0 aliphatic carbocycles. The number of likely N-dealkylation sites (N-methyl/N-ethyl adjacent to an activating group) is 1. The van der Waals surface area contributed by atoms with Crippen LogP contribution in [0.4, 0.5) is 0 Å². The number of nitrogens with one attached hydrogen (secondary N) is 1. The molecule has 1 aliphatic heterocycles. The maximum absolute atomic E-state index is 12.5. The van der Waals surface area contributed by atoms with Crippen molar-refractivity contribution >= 4 is 29.1 Å². The first-order valence-corrected chi connectivity index (χ1v) is 10.4. The van der Waals surface area contributed by atoms with Crippen LogP contribution in [-0.4, -0.2) is 54.6 Å². The zero-order chi connectivity index (χ0) is 21.5. The highest BCUT2D eigenvalue weighted by Crippen LogP contribution is 2.25. The summed E-state index contributed by atoms with van der Waals surface area (Å²) in [6, 6.07) is 17.4. The van der Waals surface area contributed by atoms with Crippen LogP contribution in [0.3, 0.4) is 0 Å². The Kier molecular flexibility index (Phi) is 7.60. The average Bonchev–Trinajstić information content (AvgIpc) is 3.24. The maximum atomic E-state index is 12.5. The lowest BCUT2D eigenvalue weighted by Crippen LogP contribution is -2.35.